The minimum Gasteiger partial charge on any atom is -0.372 e. The molecule has 1 rings (SSSR count). The molecule has 1 amide bonds. The van der Waals surface area contributed by atoms with Gasteiger partial charge in [0, 0.05) is 24.9 Å². The average molecular weight is 656 g/mol. The molecule has 0 aromatic carbocycles. The molecule has 274 valence electrons. The molecule has 47 heavy (non-hydrogen) atoms. The van der Waals surface area contributed by atoms with Crippen LogP contribution in [0.4, 0.5) is 0 Å². The molecular weight excluding hydrogens is 574 g/mol. The largest absolute Gasteiger partial charge is 0.372 e. The normalized spacial score (nSPS) is 14.6. The highest BCUT2D eigenvalue weighted by molar-refractivity contribution is 5.85. The maximum atomic E-state index is 12.9. The Balaban J connectivity index is 2.22. The van der Waals surface area contributed by atoms with Crippen LogP contribution in [0.5, 0.6) is 0 Å². The maximum absolute atomic E-state index is 12.9. The number of amidine groups is 1. The Hall–Kier alpha value is -1.58. The quantitative estimate of drug-likeness (QED) is 0.0527. The lowest BCUT2D eigenvalue weighted by molar-refractivity contribution is -0.122. The van der Waals surface area contributed by atoms with Crippen molar-refractivity contribution < 1.29 is 4.79 Å². The summed E-state index contributed by atoms with van der Waals surface area (Å²) in [6.07, 6.45) is 47.3. The fourth-order valence-corrected chi connectivity index (χ4v) is 6.89. The molecule has 2 atom stereocenters. The van der Waals surface area contributed by atoms with Crippen molar-refractivity contribution >= 4 is 11.7 Å². The van der Waals surface area contributed by atoms with Gasteiger partial charge in [-0.15, -0.1) is 0 Å². The molecule has 1 aliphatic heterocycles. The van der Waals surface area contributed by atoms with E-state index in [0.717, 1.165) is 38.8 Å². The Bertz CT molecular complexity index is 773. The molecule has 4 nitrogen and oxygen atoms in total. The monoisotopic (exact) mass is 656 g/mol. The van der Waals surface area contributed by atoms with E-state index in [9.17, 15) is 4.79 Å². The van der Waals surface area contributed by atoms with Gasteiger partial charge in [-0.3, -0.25) is 9.79 Å². The molecule has 0 radical (unpaired) electrons. The van der Waals surface area contributed by atoms with Crippen molar-refractivity contribution in [3.8, 4) is 0 Å². The van der Waals surface area contributed by atoms with Gasteiger partial charge < -0.3 is 10.6 Å². The number of amides is 1. The van der Waals surface area contributed by atoms with E-state index in [1.54, 1.807) is 0 Å². The Labute approximate surface area is 294 Å². The van der Waals surface area contributed by atoms with Gasteiger partial charge in [-0.25, -0.2) is 0 Å². The first-order valence-electron chi connectivity index (χ1n) is 21.1. The van der Waals surface area contributed by atoms with Gasteiger partial charge >= 0.3 is 0 Å². The summed E-state index contributed by atoms with van der Waals surface area (Å²) >= 11 is 0. The molecule has 1 heterocycles. The van der Waals surface area contributed by atoms with Crippen molar-refractivity contribution in [1.29, 1.82) is 0 Å². The molecule has 0 bridgehead atoms. The number of carbonyl (C=O) groups is 1. The molecule has 0 fully saturated rings. The molecule has 1 aliphatic rings. The van der Waals surface area contributed by atoms with Crippen LogP contribution in [0.15, 0.2) is 29.3 Å². The Morgan fingerprint density at radius 3 is 1.57 bits per heavy atom. The molecule has 0 saturated carbocycles. The summed E-state index contributed by atoms with van der Waals surface area (Å²) in [6.45, 7) is 8.77. The van der Waals surface area contributed by atoms with Gasteiger partial charge in [-0.2, -0.15) is 0 Å². The number of carbonyl (C=O) groups excluding carboxylic acids is 1. The number of nitrogens with zero attached hydrogens (tertiary/aromatic N) is 1. The highest BCUT2D eigenvalue weighted by Gasteiger charge is 2.18. The molecule has 0 spiro atoms. The third-order valence-corrected chi connectivity index (χ3v) is 10.0. The van der Waals surface area contributed by atoms with Crippen molar-refractivity contribution in [2.45, 2.75) is 219 Å². The summed E-state index contributed by atoms with van der Waals surface area (Å²) in [5.74, 6) is 2.05. The number of allylic oxidation sites excluding steroid dienone is 4. The molecule has 0 aromatic heterocycles. The third kappa shape index (κ3) is 28.0. The van der Waals surface area contributed by atoms with Gasteiger partial charge in [-0.1, -0.05) is 148 Å². The number of hydrogen-bond acceptors (Lipinski definition) is 3. The lowest BCUT2D eigenvalue weighted by atomic mass is 9.94. The summed E-state index contributed by atoms with van der Waals surface area (Å²) < 4.78 is 0. The molecular formula is C43H81N3O. The minimum atomic E-state index is 0.277. The summed E-state index contributed by atoms with van der Waals surface area (Å²) in [5, 5.41) is 6.95. The molecule has 4 heteroatoms. The Morgan fingerprint density at radius 2 is 1.09 bits per heavy atom. The van der Waals surface area contributed by atoms with Gasteiger partial charge in [-0.05, 0) is 83.5 Å². The zero-order valence-corrected chi connectivity index (χ0v) is 31.9. The van der Waals surface area contributed by atoms with Crippen LogP contribution >= 0.6 is 0 Å². The van der Waals surface area contributed by atoms with E-state index >= 15 is 0 Å². The van der Waals surface area contributed by atoms with E-state index in [1.165, 1.54) is 166 Å². The van der Waals surface area contributed by atoms with Crippen LogP contribution < -0.4 is 10.6 Å². The van der Waals surface area contributed by atoms with Gasteiger partial charge in [0.15, 0.2) is 0 Å². The summed E-state index contributed by atoms with van der Waals surface area (Å²) in [7, 11) is 0. The van der Waals surface area contributed by atoms with Crippen molar-refractivity contribution in [2.75, 3.05) is 13.1 Å². The molecule has 2 N–H and O–H groups in total. The topological polar surface area (TPSA) is 53.5 Å². The van der Waals surface area contributed by atoms with E-state index in [2.05, 4.69) is 60.7 Å². The van der Waals surface area contributed by atoms with Crippen LogP contribution in [0.25, 0.3) is 0 Å². The lowest BCUT2D eigenvalue weighted by Gasteiger charge is -2.21. The number of rotatable bonds is 35. The first kappa shape index (κ1) is 43.4. The van der Waals surface area contributed by atoms with Crippen LogP contribution in [0, 0.1) is 5.92 Å². The standard InChI is InChI=1S/C43H81N3O/c1-4-7-9-11-13-15-17-19-20-22-24-26-28-30-32-37-42(47)46-41(36-33-34-40(6-3)43-44-38-39-45-43)35-31-29-27-25-23-21-18-16-14-12-10-8-5-2/h19-21,23,40-41H,4-18,22,24-39H2,1-3H3,(H,44,45)(H,46,47). The predicted molar refractivity (Wildman–Crippen MR) is 210 cm³/mol. The highest BCUT2D eigenvalue weighted by atomic mass is 16.1. The second-order valence-electron chi connectivity index (χ2n) is 14.5. The van der Waals surface area contributed by atoms with Crippen LogP contribution in [0.2, 0.25) is 0 Å². The zero-order chi connectivity index (χ0) is 33.9. The predicted octanol–water partition coefficient (Wildman–Crippen LogP) is 13.0. The summed E-state index contributed by atoms with van der Waals surface area (Å²) in [5.41, 5.74) is 0. The minimum absolute atomic E-state index is 0.277. The summed E-state index contributed by atoms with van der Waals surface area (Å²) in [6, 6.07) is 0.324. The Kier molecular flexibility index (Phi) is 31.7. The van der Waals surface area contributed by atoms with E-state index in [0.29, 0.717) is 18.4 Å². The van der Waals surface area contributed by atoms with E-state index in [4.69, 9.17) is 0 Å². The third-order valence-electron chi connectivity index (χ3n) is 10.0. The summed E-state index contributed by atoms with van der Waals surface area (Å²) in [4.78, 5) is 17.6. The Morgan fingerprint density at radius 1 is 0.617 bits per heavy atom. The first-order chi connectivity index (χ1) is 23.2. The zero-order valence-electron chi connectivity index (χ0n) is 31.9. The number of unbranched alkanes of at least 4 members (excludes halogenated alkanes) is 20. The van der Waals surface area contributed by atoms with Crippen molar-refractivity contribution in [3.05, 3.63) is 24.3 Å². The van der Waals surface area contributed by atoms with Gasteiger partial charge in [0.25, 0.3) is 0 Å². The number of hydrogen-bond donors (Lipinski definition) is 2. The smallest absolute Gasteiger partial charge is 0.220 e. The first-order valence-corrected chi connectivity index (χ1v) is 21.1. The molecule has 0 saturated heterocycles. The fraction of sp³-hybridized carbons (Fsp3) is 0.860. The van der Waals surface area contributed by atoms with Crippen LogP contribution in [0.3, 0.4) is 0 Å². The molecule has 0 aromatic rings. The second-order valence-corrected chi connectivity index (χ2v) is 14.5. The van der Waals surface area contributed by atoms with Gasteiger partial charge in [0.1, 0.15) is 0 Å². The second kappa shape index (κ2) is 34.3. The maximum Gasteiger partial charge on any atom is 0.220 e. The van der Waals surface area contributed by atoms with Gasteiger partial charge in [0.2, 0.25) is 5.91 Å². The van der Waals surface area contributed by atoms with Gasteiger partial charge in [0.05, 0.1) is 12.4 Å². The molecule has 2 unspecified atom stereocenters. The fourth-order valence-electron chi connectivity index (χ4n) is 6.89. The van der Waals surface area contributed by atoms with Crippen molar-refractivity contribution in [2.24, 2.45) is 10.9 Å². The number of aliphatic imine (C=N–C) groups is 1. The number of nitrogens with one attached hydrogen (secondary N) is 2. The van der Waals surface area contributed by atoms with Crippen molar-refractivity contribution in [3.63, 3.8) is 0 Å². The van der Waals surface area contributed by atoms with E-state index in [1.807, 2.05) is 0 Å². The lowest BCUT2D eigenvalue weighted by Crippen LogP contribution is -2.35. The molecule has 0 aliphatic carbocycles. The van der Waals surface area contributed by atoms with Crippen LogP contribution in [0.1, 0.15) is 213 Å². The van der Waals surface area contributed by atoms with Crippen molar-refractivity contribution in [1.82, 2.24) is 10.6 Å². The van der Waals surface area contributed by atoms with Crippen LogP contribution in [-0.2, 0) is 4.79 Å². The SMILES string of the molecule is CCCCCCCCC=CCCCCCCCC(=O)NC(CCCCCC=CCCCCCCCC)CCCC(CC)C1=NCCN1. The van der Waals surface area contributed by atoms with E-state index in [-0.39, 0.29) is 5.91 Å². The average Bonchev–Trinajstić information content (AvgIpc) is 3.62. The van der Waals surface area contributed by atoms with Crippen LogP contribution in [-0.4, -0.2) is 30.9 Å². The highest BCUT2D eigenvalue weighted by Crippen LogP contribution is 2.19. The van der Waals surface area contributed by atoms with E-state index < -0.39 is 0 Å².